The number of nitro benzene ring substituents is 1. The van der Waals surface area contributed by atoms with Crippen molar-refractivity contribution in [3.05, 3.63) is 40.5 Å². The minimum atomic E-state index is -0.673. The molecule has 4 rings (SSSR count). The molecule has 3 aliphatic rings. The summed E-state index contributed by atoms with van der Waals surface area (Å²) in [6.07, 6.45) is 4.74. The Balaban J connectivity index is 1.45. The van der Waals surface area contributed by atoms with Crippen LogP contribution in [0.1, 0.15) is 6.42 Å². The third kappa shape index (κ3) is 2.35. The van der Waals surface area contributed by atoms with Crippen LogP contribution in [0, 0.1) is 33.8 Å². The summed E-state index contributed by atoms with van der Waals surface area (Å²) in [6.45, 7) is -0.444. The Morgan fingerprint density at radius 2 is 1.85 bits per heavy atom. The van der Waals surface area contributed by atoms with Crippen molar-refractivity contribution in [2.24, 2.45) is 23.7 Å². The van der Waals surface area contributed by atoms with Crippen LogP contribution in [-0.2, 0) is 14.4 Å². The second kappa shape index (κ2) is 5.65. The molecule has 2 N–H and O–H groups in total. The molecule has 0 aromatic heterocycles. The summed E-state index contributed by atoms with van der Waals surface area (Å²) in [5.41, 5.74) is -0.345. The monoisotopic (exact) mass is 357 g/mol. The highest BCUT2D eigenvalue weighted by Gasteiger charge is 2.59. The third-order valence-electron chi connectivity index (χ3n) is 5.33. The summed E-state index contributed by atoms with van der Waals surface area (Å²) in [5, 5.41) is 22.8. The van der Waals surface area contributed by atoms with Crippen molar-refractivity contribution in [2.75, 3.05) is 11.9 Å². The Morgan fingerprint density at radius 1 is 1.23 bits per heavy atom. The van der Waals surface area contributed by atoms with E-state index in [9.17, 15) is 29.6 Å². The zero-order valence-corrected chi connectivity index (χ0v) is 13.5. The van der Waals surface area contributed by atoms with Gasteiger partial charge in [-0.25, -0.2) is 0 Å². The first-order chi connectivity index (χ1) is 12.4. The molecule has 4 atom stereocenters. The number of hydrogen-bond acceptors (Lipinski definition) is 6. The van der Waals surface area contributed by atoms with Gasteiger partial charge in [0.25, 0.3) is 5.69 Å². The highest BCUT2D eigenvalue weighted by Crippen LogP contribution is 2.52. The molecular formula is C17H15N3O6. The zero-order valence-electron chi connectivity index (χ0n) is 13.5. The average Bonchev–Trinajstić information content (AvgIpc) is 3.26. The van der Waals surface area contributed by atoms with Gasteiger partial charge in [0.15, 0.2) is 0 Å². The highest BCUT2D eigenvalue weighted by molar-refractivity contribution is 6.09. The maximum absolute atomic E-state index is 12.5. The molecule has 26 heavy (non-hydrogen) atoms. The van der Waals surface area contributed by atoms with Crippen LogP contribution < -0.4 is 5.32 Å². The number of anilines is 1. The molecule has 0 spiro atoms. The fraction of sp³-hybridized carbons (Fsp3) is 0.353. The number of amides is 3. The number of phenolic OH excluding ortho intramolecular Hbond substituents is 1. The molecule has 9 nitrogen and oxygen atoms in total. The van der Waals surface area contributed by atoms with Gasteiger partial charge in [0.05, 0.1) is 28.5 Å². The lowest BCUT2D eigenvalue weighted by Gasteiger charge is -2.17. The summed E-state index contributed by atoms with van der Waals surface area (Å²) < 4.78 is 0. The number of non-ortho nitro benzene ring substituents is 1. The van der Waals surface area contributed by atoms with Crippen LogP contribution in [-0.4, -0.2) is 39.2 Å². The maximum atomic E-state index is 12.5. The van der Waals surface area contributed by atoms with E-state index in [1.165, 1.54) is 6.07 Å². The number of imide groups is 1. The van der Waals surface area contributed by atoms with Crippen molar-refractivity contribution >= 4 is 29.1 Å². The number of likely N-dealkylation sites (tertiary alicyclic amines) is 1. The molecule has 1 aromatic carbocycles. The second-order valence-electron chi connectivity index (χ2n) is 6.77. The van der Waals surface area contributed by atoms with E-state index < -0.39 is 23.1 Å². The predicted octanol–water partition coefficient (Wildman–Crippen LogP) is 1.05. The molecule has 2 aliphatic carbocycles. The maximum Gasteiger partial charge on any atom is 0.273 e. The number of allylic oxidation sites excluding steroid dienone is 2. The molecule has 3 amide bonds. The van der Waals surface area contributed by atoms with E-state index in [-0.39, 0.29) is 46.9 Å². The van der Waals surface area contributed by atoms with Crippen molar-refractivity contribution in [2.45, 2.75) is 6.42 Å². The molecule has 1 aromatic rings. The van der Waals surface area contributed by atoms with Crippen molar-refractivity contribution < 1.29 is 24.4 Å². The van der Waals surface area contributed by atoms with E-state index in [4.69, 9.17) is 0 Å². The molecule has 2 fully saturated rings. The SMILES string of the molecule is O=C(CN1C(=O)[C@H]2[C@H](C1=O)[C@H]1C=C[C@H]2C1)Nc1ccc([N+](=O)[O-])cc1O. The van der Waals surface area contributed by atoms with E-state index in [0.717, 1.165) is 23.5 Å². The van der Waals surface area contributed by atoms with Crippen LogP contribution >= 0.6 is 0 Å². The van der Waals surface area contributed by atoms with Gasteiger partial charge in [-0.15, -0.1) is 0 Å². The number of rotatable bonds is 4. The number of aromatic hydroxyl groups is 1. The fourth-order valence-corrected chi connectivity index (χ4v) is 4.19. The van der Waals surface area contributed by atoms with Crippen LogP contribution in [0.5, 0.6) is 5.75 Å². The van der Waals surface area contributed by atoms with Crippen LogP contribution in [0.4, 0.5) is 11.4 Å². The van der Waals surface area contributed by atoms with Crippen LogP contribution in [0.15, 0.2) is 30.4 Å². The molecule has 0 radical (unpaired) electrons. The van der Waals surface area contributed by atoms with Crippen molar-refractivity contribution in [1.82, 2.24) is 4.90 Å². The highest BCUT2D eigenvalue weighted by atomic mass is 16.6. The van der Waals surface area contributed by atoms with Gasteiger partial charge in [0.1, 0.15) is 12.3 Å². The van der Waals surface area contributed by atoms with Crippen LogP contribution in [0.2, 0.25) is 0 Å². The van der Waals surface area contributed by atoms with Gasteiger partial charge in [0.2, 0.25) is 17.7 Å². The zero-order chi connectivity index (χ0) is 18.6. The summed E-state index contributed by atoms with van der Waals surface area (Å²) in [4.78, 5) is 48.2. The first-order valence-corrected chi connectivity index (χ1v) is 8.17. The van der Waals surface area contributed by atoms with Crippen molar-refractivity contribution in [1.29, 1.82) is 0 Å². The van der Waals surface area contributed by atoms with Crippen molar-refractivity contribution in [3.8, 4) is 5.75 Å². The quantitative estimate of drug-likeness (QED) is 0.272. The lowest BCUT2D eigenvalue weighted by molar-refractivity contribution is -0.384. The predicted molar refractivity (Wildman–Crippen MR) is 87.8 cm³/mol. The fourth-order valence-electron chi connectivity index (χ4n) is 4.19. The van der Waals surface area contributed by atoms with Gasteiger partial charge in [-0.1, -0.05) is 12.2 Å². The number of fused-ring (bicyclic) bond motifs is 5. The Bertz CT molecular complexity index is 849. The topological polar surface area (TPSA) is 130 Å². The Hall–Kier alpha value is -3.23. The number of benzene rings is 1. The second-order valence-corrected chi connectivity index (χ2v) is 6.77. The molecule has 9 heteroatoms. The van der Waals surface area contributed by atoms with E-state index in [1.807, 2.05) is 12.2 Å². The van der Waals surface area contributed by atoms with Crippen LogP contribution in [0.25, 0.3) is 0 Å². The lowest BCUT2D eigenvalue weighted by Crippen LogP contribution is -2.39. The number of hydrogen-bond donors (Lipinski definition) is 2. The molecule has 1 aliphatic heterocycles. The summed E-state index contributed by atoms with van der Waals surface area (Å²) in [6, 6.07) is 3.24. The van der Waals surface area contributed by atoms with E-state index in [0.29, 0.717) is 0 Å². The van der Waals surface area contributed by atoms with Crippen molar-refractivity contribution in [3.63, 3.8) is 0 Å². The van der Waals surface area contributed by atoms with Crippen LogP contribution in [0.3, 0.4) is 0 Å². The summed E-state index contributed by atoms with van der Waals surface area (Å²) >= 11 is 0. The molecule has 1 saturated heterocycles. The van der Waals surface area contributed by atoms with Gasteiger partial charge in [-0.2, -0.15) is 0 Å². The molecule has 1 heterocycles. The average molecular weight is 357 g/mol. The normalized spacial score (nSPS) is 28.5. The van der Waals surface area contributed by atoms with Gasteiger partial charge in [0, 0.05) is 6.07 Å². The van der Waals surface area contributed by atoms with E-state index in [1.54, 1.807) is 0 Å². The number of phenols is 1. The van der Waals surface area contributed by atoms with E-state index >= 15 is 0 Å². The summed E-state index contributed by atoms with van der Waals surface area (Å²) in [7, 11) is 0. The smallest absolute Gasteiger partial charge is 0.273 e. The number of nitrogens with zero attached hydrogens (tertiary/aromatic N) is 2. The lowest BCUT2D eigenvalue weighted by atomic mass is 9.85. The molecule has 0 unspecified atom stereocenters. The van der Waals surface area contributed by atoms with Gasteiger partial charge < -0.3 is 10.4 Å². The standard InChI is InChI=1S/C17H15N3O6/c21-12-6-10(20(25)26)3-4-11(12)18-13(22)7-19-16(23)14-8-1-2-9(5-8)15(14)17(19)24/h1-4,6,8-9,14-15,21H,5,7H2,(H,18,22)/t8-,9-,14+,15+/m0/s1. The molecule has 1 saturated carbocycles. The third-order valence-corrected chi connectivity index (χ3v) is 5.33. The number of carbonyl (C=O) groups excluding carboxylic acids is 3. The number of nitrogens with one attached hydrogen (secondary N) is 1. The molecule has 2 bridgehead atoms. The first-order valence-electron chi connectivity index (χ1n) is 8.17. The Kier molecular flexibility index (Phi) is 3.53. The Labute approximate surface area is 147 Å². The Morgan fingerprint density at radius 3 is 2.38 bits per heavy atom. The first kappa shape index (κ1) is 16.2. The van der Waals surface area contributed by atoms with E-state index in [2.05, 4.69) is 5.32 Å². The molecular weight excluding hydrogens is 342 g/mol. The summed E-state index contributed by atoms with van der Waals surface area (Å²) in [5.74, 6) is -2.42. The minimum absolute atomic E-state index is 0.0263. The van der Waals surface area contributed by atoms with Gasteiger partial charge in [-0.05, 0) is 24.3 Å². The number of nitro groups is 1. The van der Waals surface area contributed by atoms with Gasteiger partial charge in [-0.3, -0.25) is 29.4 Å². The largest absolute Gasteiger partial charge is 0.506 e. The van der Waals surface area contributed by atoms with Gasteiger partial charge >= 0.3 is 0 Å². The minimum Gasteiger partial charge on any atom is -0.506 e. The number of carbonyl (C=O) groups is 3. The molecule has 134 valence electrons.